The van der Waals surface area contributed by atoms with Crippen LogP contribution in [0.3, 0.4) is 0 Å². The Bertz CT molecular complexity index is 1780. The van der Waals surface area contributed by atoms with E-state index in [1.165, 1.54) is 24.3 Å². The van der Waals surface area contributed by atoms with Gasteiger partial charge < -0.3 is 25.3 Å². The van der Waals surface area contributed by atoms with E-state index in [0.717, 1.165) is 37.9 Å². The van der Waals surface area contributed by atoms with Crippen LogP contribution in [0.15, 0.2) is 71.6 Å². The van der Waals surface area contributed by atoms with Gasteiger partial charge in [0.15, 0.2) is 11.5 Å². The number of alkyl halides is 6. The molecular weight excluding hydrogens is 698 g/mol. The molecule has 5 N–H and O–H groups in total. The van der Waals surface area contributed by atoms with Crippen molar-refractivity contribution >= 4 is 27.8 Å². The molecule has 4 rings (SSSR count). The van der Waals surface area contributed by atoms with E-state index in [1.807, 2.05) is 12.1 Å². The SMILES string of the molecule is N=C(N)c1ccc(OC(=O)C(F)(F)F)c(OC[C@H](Cc2ccc(CC3CCNCC3)cc2)NS(=O)(=O)c2ccccc2)c1OC(=O)C(F)(F)F. The summed E-state index contributed by atoms with van der Waals surface area (Å²) in [6.07, 6.45) is -8.48. The minimum atomic E-state index is -5.63. The van der Waals surface area contributed by atoms with Crippen LogP contribution in [0.4, 0.5) is 26.3 Å². The van der Waals surface area contributed by atoms with Gasteiger partial charge in [-0.3, -0.25) is 5.41 Å². The molecule has 270 valence electrons. The van der Waals surface area contributed by atoms with Crippen molar-refractivity contribution in [1.29, 1.82) is 5.41 Å². The Balaban J connectivity index is 1.70. The smallest absolute Gasteiger partial charge is 0.485 e. The van der Waals surface area contributed by atoms with Crippen LogP contribution in [0.2, 0.25) is 0 Å². The number of nitrogens with one attached hydrogen (secondary N) is 3. The maximum atomic E-state index is 13.3. The second-order valence-corrected chi connectivity index (χ2v) is 13.0. The number of ether oxygens (including phenoxy) is 3. The number of amidine groups is 1. The first-order valence-electron chi connectivity index (χ1n) is 15.0. The average Bonchev–Trinajstić information content (AvgIpc) is 3.05. The van der Waals surface area contributed by atoms with Gasteiger partial charge in [0.2, 0.25) is 15.8 Å². The van der Waals surface area contributed by atoms with Gasteiger partial charge in [0.05, 0.1) is 16.5 Å². The molecule has 1 heterocycles. The van der Waals surface area contributed by atoms with Gasteiger partial charge in [0.1, 0.15) is 12.4 Å². The van der Waals surface area contributed by atoms with Crippen molar-refractivity contribution < 1.29 is 58.6 Å². The van der Waals surface area contributed by atoms with Gasteiger partial charge in [-0.05, 0) is 80.1 Å². The van der Waals surface area contributed by atoms with Crippen molar-refractivity contribution in [2.24, 2.45) is 11.7 Å². The first-order valence-corrected chi connectivity index (χ1v) is 16.5. The Labute approximate surface area is 282 Å². The van der Waals surface area contributed by atoms with E-state index < -0.39 is 75.6 Å². The summed E-state index contributed by atoms with van der Waals surface area (Å²) >= 11 is 0. The van der Waals surface area contributed by atoms with E-state index in [1.54, 1.807) is 18.2 Å². The average molecular weight is 731 g/mol. The minimum absolute atomic E-state index is 0.110. The number of halogens is 6. The predicted molar refractivity (Wildman–Crippen MR) is 166 cm³/mol. The van der Waals surface area contributed by atoms with Crippen LogP contribution in [-0.4, -0.2) is 64.3 Å². The summed E-state index contributed by atoms with van der Waals surface area (Å²) in [5.41, 5.74) is 6.31. The highest BCUT2D eigenvalue weighted by atomic mass is 32.2. The second kappa shape index (κ2) is 15.9. The number of benzene rings is 3. The van der Waals surface area contributed by atoms with E-state index in [-0.39, 0.29) is 11.3 Å². The fourth-order valence-electron chi connectivity index (χ4n) is 5.10. The molecule has 0 aliphatic carbocycles. The predicted octanol–water partition coefficient (Wildman–Crippen LogP) is 4.42. The van der Waals surface area contributed by atoms with E-state index in [2.05, 4.69) is 19.5 Å². The van der Waals surface area contributed by atoms with Crippen LogP contribution in [0.5, 0.6) is 17.2 Å². The van der Waals surface area contributed by atoms with E-state index >= 15 is 0 Å². The van der Waals surface area contributed by atoms with Gasteiger partial charge in [-0.1, -0.05) is 42.5 Å². The van der Waals surface area contributed by atoms with Crippen molar-refractivity contribution in [3.63, 3.8) is 0 Å². The van der Waals surface area contributed by atoms with Crippen molar-refractivity contribution in [1.82, 2.24) is 10.0 Å². The van der Waals surface area contributed by atoms with Gasteiger partial charge >= 0.3 is 24.3 Å². The fourth-order valence-corrected chi connectivity index (χ4v) is 6.35. The lowest BCUT2D eigenvalue weighted by Gasteiger charge is -2.23. The molecule has 1 aliphatic heterocycles. The summed E-state index contributed by atoms with van der Waals surface area (Å²) in [7, 11) is -4.29. The van der Waals surface area contributed by atoms with Crippen LogP contribution in [0.1, 0.15) is 29.5 Å². The van der Waals surface area contributed by atoms with E-state index in [9.17, 15) is 44.3 Å². The number of nitrogens with two attached hydrogens (primary N) is 1. The standard InChI is InChI=1S/C32H32F6N4O7S/c33-31(34,35)29(43)48-25-11-10-24(28(39)40)26(49-30(44)32(36,37)38)27(25)47-18-22(42-50(45,46)23-4-2-1-3-5-23)17-20-8-6-19(7-9-20)16-21-12-14-41-15-13-21/h1-11,21-22,41-42H,12-18H2,(H3,39,40)/t22-/m0/s1. The summed E-state index contributed by atoms with van der Waals surface area (Å²) in [6, 6.07) is 14.3. The summed E-state index contributed by atoms with van der Waals surface area (Å²) < 4.78 is 122. The van der Waals surface area contributed by atoms with Crippen molar-refractivity contribution in [2.75, 3.05) is 19.7 Å². The quantitative estimate of drug-likeness (QED) is 0.0654. The third-order valence-corrected chi connectivity index (χ3v) is 9.06. The van der Waals surface area contributed by atoms with Crippen LogP contribution in [-0.2, 0) is 32.5 Å². The Kier molecular flexibility index (Phi) is 12.1. The van der Waals surface area contributed by atoms with Crippen molar-refractivity contribution in [3.8, 4) is 17.2 Å². The molecule has 0 unspecified atom stereocenters. The lowest BCUT2D eigenvalue weighted by Crippen LogP contribution is -2.40. The molecule has 11 nitrogen and oxygen atoms in total. The van der Waals surface area contributed by atoms with Gasteiger partial charge in [0, 0.05) is 0 Å². The largest absolute Gasteiger partial charge is 0.491 e. The maximum absolute atomic E-state index is 13.3. The van der Waals surface area contributed by atoms with Crippen molar-refractivity contribution in [3.05, 3.63) is 83.4 Å². The number of hydrogen-bond donors (Lipinski definition) is 4. The first-order chi connectivity index (χ1) is 23.4. The Morgan fingerprint density at radius 2 is 1.44 bits per heavy atom. The Morgan fingerprint density at radius 3 is 2.02 bits per heavy atom. The van der Waals surface area contributed by atoms with Crippen LogP contribution in [0, 0.1) is 11.3 Å². The lowest BCUT2D eigenvalue weighted by molar-refractivity contribution is -0.190. The van der Waals surface area contributed by atoms with E-state index in [0.29, 0.717) is 23.6 Å². The highest BCUT2D eigenvalue weighted by Gasteiger charge is 2.44. The zero-order valence-corrected chi connectivity index (χ0v) is 26.9. The zero-order chi connectivity index (χ0) is 36.7. The number of nitrogen functional groups attached to an aromatic ring is 1. The molecule has 1 fully saturated rings. The third kappa shape index (κ3) is 10.4. The van der Waals surface area contributed by atoms with Gasteiger partial charge in [0.25, 0.3) is 0 Å². The number of hydrogen-bond acceptors (Lipinski definition) is 9. The lowest BCUT2D eigenvalue weighted by atomic mass is 9.90. The molecule has 0 radical (unpaired) electrons. The van der Waals surface area contributed by atoms with Crippen LogP contribution in [0.25, 0.3) is 0 Å². The number of carbonyl (C=O) groups excluding carboxylic acids is 2. The molecule has 0 bridgehead atoms. The summed E-state index contributed by atoms with van der Waals surface area (Å²) in [4.78, 5) is 23.4. The minimum Gasteiger partial charge on any atom is -0.485 e. The molecule has 0 aromatic heterocycles. The molecular formula is C32H32F6N4O7S. The number of rotatable bonds is 13. The normalized spacial score (nSPS) is 14.8. The van der Waals surface area contributed by atoms with E-state index in [4.69, 9.17) is 15.9 Å². The Morgan fingerprint density at radius 1 is 0.860 bits per heavy atom. The van der Waals surface area contributed by atoms with Crippen LogP contribution < -0.4 is 30.0 Å². The molecule has 1 saturated heterocycles. The molecule has 0 saturated carbocycles. The number of carbonyl (C=O) groups is 2. The molecule has 0 spiro atoms. The highest BCUT2D eigenvalue weighted by Crippen LogP contribution is 2.42. The highest BCUT2D eigenvalue weighted by molar-refractivity contribution is 7.89. The van der Waals surface area contributed by atoms with Gasteiger partial charge in [-0.25, -0.2) is 22.7 Å². The molecule has 3 aromatic rings. The topological polar surface area (TPSA) is 170 Å². The van der Waals surface area contributed by atoms with Gasteiger partial charge in [-0.2, -0.15) is 26.3 Å². The maximum Gasteiger partial charge on any atom is 0.491 e. The zero-order valence-electron chi connectivity index (χ0n) is 26.1. The molecule has 1 atom stereocenters. The fraction of sp³-hybridized carbons (Fsp3) is 0.344. The molecule has 1 aliphatic rings. The monoisotopic (exact) mass is 730 g/mol. The second-order valence-electron chi connectivity index (χ2n) is 11.3. The summed E-state index contributed by atoms with van der Waals surface area (Å²) in [5.74, 6) is -9.80. The van der Waals surface area contributed by atoms with Crippen LogP contribution >= 0.6 is 0 Å². The third-order valence-electron chi connectivity index (χ3n) is 7.52. The molecule has 3 aromatic carbocycles. The number of esters is 2. The number of sulfonamides is 1. The summed E-state index contributed by atoms with van der Waals surface area (Å²) in [6.45, 7) is 1.00. The molecule has 50 heavy (non-hydrogen) atoms. The van der Waals surface area contributed by atoms with Gasteiger partial charge in [-0.15, -0.1) is 0 Å². The van der Waals surface area contributed by atoms with Crippen molar-refractivity contribution in [2.45, 2.75) is 49.0 Å². The Hall–Kier alpha value is -4.68. The molecule has 0 amide bonds. The summed E-state index contributed by atoms with van der Waals surface area (Å²) in [5, 5.41) is 11.0. The first kappa shape index (κ1) is 38.1. The number of piperidine rings is 1. The molecule has 18 heteroatoms.